The molecule has 1 fully saturated rings. The molecule has 21 heavy (non-hydrogen) atoms. The second-order valence-electron chi connectivity index (χ2n) is 5.19. The van der Waals surface area contributed by atoms with E-state index in [4.69, 9.17) is 5.73 Å². The zero-order valence-electron chi connectivity index (χ0n) is 11.7. The lowest BCUT2D eigenvalue weighted by atomic mass is 10.1. The van der Waals surface area contributed by atoms with Crippen molar-refractivity contribution in [3.05, 3.63) is 33.9 Å². The summed E-state index contributed by atoms with van der Waals surface area (Å²) in [5.41, 5.74) is 5.97. The molecule has 1 amide bonds. The van der Waals surface area contributed by atoms with E-state index >= 15 is 0 Å². The third kappa shape index (κ3) is 3.30. The monoisotopic (exact) mass is 293 g/mol. The molecule has 114 valence electrons. The molecule has 0 atom stereocenters. The van der Waals surface area contributed by atoms with Gasteiger partial charge in [0.25, 0.3) is 11.6 Å². The van der Waals surface area contributed by atoms with Crippen molar-refractivity contribution in [3.8, 4) is 0 Å². The van der Waals surface area contributed by atoms with Crippen LogP contribution in [0.3, 0.4) is 0 Å². The van der Waals surface area contributed by atoms with Crippen molar-refractivity contribution in [1.82, 2.24) is 4.90 Å². The molecule has 1 saturated carbocycles. The number of nitrogens with two attached hydrogens (primary N) is 1. The topological polar surface area (TPSA) is 110 Å². The van der Waals surface area contributed by atoms with Crippen LogP contribution in [0.5, 0.6) is 0 Å². The standard InChI is InChI=1S/C14H19N3O4/c15-13-6-5-11(17(20)21)9-12(13)14(19)16(7-8-18)10-3-1-2-4-10/h5-6,9-10,18H,1-4,7-8,15H2. The second-order valence-corrected chi connectivity index (χ2v) is 5.19. The summed E-state index contributed by atoms with van der Waals surface area (Å²) in [6, 6.07) is 3.93. The first-order valence-electron chi connectivity index (χ1n) is 7.00. The van der Waals surface area contributed by atoms with Crippen molar-refractivity contribution in [3.63, 3.8) is 0 Å². The fraction of sp³-hybridized carbons (Fsp3) is 0.500. The molecule has 0 saturated heterocycles. The summed E-state index contributed by atoms with van der Waals surface area (Å²) in [7, 11) is 0. The van der Waals surface area contributed by atoms with Crippen LogP contribution in [0.1, 0.15) is 36.0 Å². The molecule has 7 nitrogen and oxygen atoms in total. The van der Waals surface area contributed by atoms with E-state index in [0.29, 0.717) is 0 Å². The Kier molecular flexibility index (Phi) is 4.74. The molecular weight excluding hydrogens is 274 g/mol. The summed E-state index contributed by atoms with van der Waals surface area (Å²) in [6.07, 6.45) is 3.87. The van der Waals surface area contributed by atoms with Gasteiger partial charge in [-0.25, -0.2) is 0 Å². The number of benzene rings is 1. The van der Waals surface area contributed by atoms with Gasteiger partial charge < -0.3 is 15.7 Å². The molecule has 0 bridgehead atoms. The zero-order chi connectivity index (χ0) is 15.4. The number of amides is 1. The lowest BCUT2D eigenvalue weighted by Crippen LogP contribution is -2.41. The van der Waals surface area contributed by atoms with Crippen molar-refractivity contribution in [2.75, 3.05) is 18.9 Å². The van der Waals surface area contributed by atoms with Gasteiger partial charge in [-0.15, -0.1) is 0 Å². The van der Waals surface area contributed by atoms with E-state index in [1.165, 1.54) is 18.2 Å². The number of hydrogen-bond acceptors (Lipinski definition) is 5. The fourth-order valence-corrected chi connectivity index (χ4v) is 2.77. The summed E-state index contributed by atoms with van der Waals surface area (Å²) in [5.74, 6) is -0.350. The van der Waals surface area contributed by atoms with Gasteiger partial charge in [0.1, 0.15) is 0 Å². The Labute approximate surface area is 122 Å². The average molecular weight is 293 g/mol. The zero-order valence-corrected chi connectivity index (χ0v) is 11.7. The molecule has 0 aromatic heterocycles. The lowest BCUT2D eigenvalue weighted by Gasteiger charge is -2.28. The third-order valence-electron chi connectivity index (χ3n) is 3.85. The van der Waals surface area contributed by atoms with E-state index in [1.807, 2.05) is 0 Å². The molecular formula is C14H19N3O4. The Morgan fingerprint density at radius 1 is 1.43 bits per heavy atom. The highest BCUT2D eigenvalue weighted by Crippen LogP contribution is 2.27. The van der Waals surface area contributed by atoms with E-state index in [2.05, 4.69) is 0 Å². The second kappa shape index (κ2) is 6.53. The van der Waals surface area contributed by atoms with Crippen molar-refractivity contribution in [2.24, 2.45) is 0 Å². The number of nitro benzene ring substituents is 1. The van der Waals surface area contributed by atoms with Gasteiger partial charge in [-0.1, -0.05) is 12.8 Å². The van der Waals surface area contributed by atoms with Crippen molar-refractivity contribution in [1.29, 1.82) is 0 Å². The maximum Gasteiger partial charge on any atom is 0.270 e. The smallest absolute Gasteiger partial charge is 0.270 e. The largest absolute Gasteiger partial charge is 0.398 e. The Bertz CT molecular complexity index is 541. The van der Waals surface area contributed by atoms with Crippen molar-refractivity contribution in [2.45, 2.75) is 31.7 Å². The summed E-state index contributed by atoms with van der Waals surface area (Å²) >= 11 is 0. The summed E-state index contributed by atoms with van der Waals surface area (Å²) in [6.45, 7) is 0.0721. The minimum absolute atomic E-state index is 0.0725. The number of non-ortho nitro benzene ring substituents is 1. The van der Waals surface area contributed by atoms with Crippen LogP contribution in [0.2, 0.25) is 0 Å². The number of anilines is 1. The van der Waals surface area contributed by atoms with Gasteiger partial charge in [0, 0.05) is 30.4 Å². The first kappa shape index (κ1) is 15.2. The Morgan fingerprint density at radius 2 is 2.10 bits per heavy atom. The highest BCUT2D eigenvalue weighted by atomic mass is 16.6. The minimum atomic E-state index is -0.553. The number of nitro groups is 1. The number of carbonyl (C=O) groups is 1. The van der Waals surface area contributed by atoms with Gasteiger partial charge in [0.15, 0.2) is 0 Å². The molecule has 3 N–H and O–H groups in total. The van der Waals surface area contributed by atoms with E-state index < -0.39 is 4.92 Å². The highest BCUT2D eigenvalue weighted by Gasteiger charge is 2.28. The Morgan fingerprint density at radius 3 is 2.67 bits per heavy atom. The summed E-state index contributed by atoms with van der Waals surface area (Å²) in [5, 5.41) is 20.0. The third-order valence-corrected chi connectivity index (χ3v) is 3.85. The molecule has 0 unspecified atom stereocenters. The van der Waals surface area contributed by atoms with Gasteiger partial charge in [0.05, 0.1) is 17.1 Å². The van der Waals surface area contributed by atoms with Crippen LogP contribution in [0.25, 0.3) is 0 Å². The number of carbonyl (C=O) groups excluding carboxylic acids is 1. The van der Waals surface area contributed by atoms with Gasteiger partial charge in [-0.2, -0.15) is 0 Å². The van der Waals surface area contributed by atoms with Crippen molar-refractivity contribution < 1.29 is 14.8 Å². The normalized spacial score (nSPS) is 15.1. The lowest BCUT2D eigenvalue weighted by molar-refractivity contribution is -0.384. The first-order chi connectivity index (χ1) is 10.0. The quantitative estimate of drug-likeness (QED) is 0.486. The van der Waals surface area contributed by atoms with Crippen LogP contribution in [0, 0.1) is 10.1 Å². The molecule has 2 rings (SSSR count). The van der Waals surface area contributed by atoms with Crippen LogP contribution in [0.15, 0.2) is 18.2 Å². The molecule has 1 aromatic carbocycles. The van der Waals surface area contributed by atoms with Gasteiger partial charge in [-0.05, 0) is 18.9 Å². The molecule has 0 heterocycles. The summed E-state index contributed by atoms with van der Waals surface area (Å²) in [4.78, 5) is 24.5. The summed E-state index contributed by atoms with van der Waals surface area (Å²) < 4.78 is 0. The molecule has 1 aliphatic carbocycles. The van der Waals surface area contributed by atoms with Gasteiger partial charge in [-0.3, -0.25) is 14.9 Å². The average Bonchev–Trinajstić information content (AvgIpc) is 2.98. The number of aliphatic hydroxyl groups is 1. The maximum absolute atomic E-state index is 12.6. The molecule has 0 radical (unpaired) electrons. The van der Waals surface area contributed by atoms with Gasteiger partial charge in [0.2, 0.25) is 0 Å². The number of nitrogens with zero attached hydrogens (tertiary/aromatic N) is 2. The van der Waals surface area contributed by atoms with E-state index in [-0.39, 0.29) is 42.0 Å². The molecule has 0 aliphatic heterocycles. The fourth-order valence-electron chi connectivity index (χ4n) is 2.77. The highest BCUT2D eigenvalue weighted by molar-refractivity contribution is 6.00. The molecule has 1 aliphatic rings. The van der Waals surface area contributed by atoms with Crippen LogP contribution in [0.4, 0.5) is 11.4 Å². The number of rotatable bonds is 5. The number of aliphatic hydroxyl groups excluding tert-OH is 1. The SMILES string of the molecule is Nc1ccc([N+](=O)[O-])cc1C(=O)N(CCO)C1CCCC1. The van der Waals surface area contributed by atoms with Crippen LogP contribution >= 0.6 is 0 Å². The molecule has 7 heteroatoms. The Hall–Kier alpha value is -2.15. The van der Waals surface area contributed by atoms with E-state index in [1.54, 1.807) is 4.90 Å². The minimum Gasteiger partial charge on any atom is -0.398 e. The predicted molar refractivity (Wildman–Crippen MR) is 77.9 cm³/mol. The first-order valence-corrected chi connectivity index (χ1v) is 7.00. The van der Waals surface area contributed by atoms with Crippen molar-refractivity contribution >= 4 is 17.3 Å². The molecule has 1 aromatic rings. The number of nitrogen functional groups attached to an aromatic ring is 1. The van der Waals surface area contributed by atoms with Crippen LogP contribution in [-0.2, 0) is 0 Å². The predicted octanol–water partition coefficient (Wildman–Crippen LogP) is 1.55. The maximum atomic E-state index is 12.6. The Balaban J connectivity index is 2.31. The number of hydrogen-bond donors (Lipinski definition) is 2. The van der Waals surface area contributed by atoms with Crippen LogP contribution in [-0.4, -0.2) is 40.0 Å². The van der Waals surface area contributed by atoms with Crippen LogP contribution < -0.4 is 5.73 Å². The van der Waals surface area contributed by atoms with Gasteiger partial charge >= 0.3 is 0 Å². The molecule has 0 spiro atoms. The van der Waals surface area contributed by atoms with E-state index in [0.717, 1.165) is 25.7 Å². The van der Waals surface area contributed by atoms with E-state index in [9.17, 15) is 20.0 Å².